The first-order valence-corrected chi connectivity index (χ1v) is 8.46. The first-order valence-electron chi connectivity index (χ1n) is 8.46. The van der Waals surface area contributed by atoms with Crippen molar-refractivity contribution in [1.82, 2.24) is 9.80 Å². The van der Waals surface area contributed by atoms with Gasteiger partial charge in [-0.2, -0.15) is 0 Å². The van der Waals surface area contributed by atoms with Crippen molar-refractivity contribution in [2.45, 2.75) is 63.1 Å². The third kappa shape index (κ3) is 2.00. The molecule has 4 saturated heterocycles. The summed E-state index contributed by atoms with van der Waals surface area (Å²) in [6.07, 6.45) is 8.61. The van der Waals surface area contributed by atoms with E-state index in [4.69, 9.17) is 0 Å². The van der Waals surface area contributed by atoms with Crippen molar-refractivity contribution in [1.29, 1.82) is 0 Å². The normalized spacial score (nSPS) is 45.5. The molecule has 0 aromatic carbocycles. The van der Waals surface area contributed by atoms with Gasteiger partial charge in [-0.1, -0.05) is 6.42 Å². The summed E-state index contributed by atoms with van der Waals surface area (Å²) in [4.78, 5) is 16.7. The lowest BCUT2D eigenvalue weighted by atomic mass is 9.70. The first-order chi connectivity index (χ1) is 9.74. The predicted octanol–water partition coefficient (Wildman–Crippen LogP) is 1.80. The van der Waals surface area contributed by atoms with Crippen LogP contribution in [0.4, 0.5) is 0 Å². The van der Waals surface area contributed by atoms with Gasteiger partial charge < -0.3 is 5.11 Å². The summed E-state index contributed by atoms with van der Waals surface area (Å²) in [6, 6.07) is 1.09. The number of fused-ring (bicyclic) bond motifs is 6. The van der Waals surface area contributed by atoms with Gasteiger partial charge in [0.15, 0.2) is 0 Å². The summed E-state index contributed by atoms with van der Waals surface area (Å²) in [6.45, 7) is 3.56. The molecule has 0 amide bonds. The molecule has 4 fully saturated rings. The van der Waals surface area contributed by atoms with E-state index in [9.17, 15) is 9.90 Å². The van der Waals surface area contributed by atoms with Gasteiger partial charge >= 0.3 is 5.97 Å². The number of carboxylic acid groups (broad SMARTS) is 1. The first kappa shape index (κ1) is 13.1. The molecule has 0 spiro atoms. The standard InChI is InChI=1S/C16H26N2O2/c19-16(20)15-6-3-5-14-11-8-12(10-18(14)15)13-4-1-2-7-17(13)9-11/h11-15H,1-10H2,(H,19,20)/t11-,12-,13-,14-,15-/m1/s1. The van der Waals surface area contributed by atoms with E-state index in [-0.39, 0.29) is 6.04 Å². The van der Waals surface area contributed by atoms with E-state index in [0.29, 0.717) is 6.04 Å². The van der Waals surface area contributed by atoms with E-state index in [1.165, 1.54) is 45.2 Å². The highest BCUT2D eigenvalue weighted by Gasteiger charge is 2.49. The Kier molecular flexibility index (Phi) is 3.26. The van der Waals surface area contributed by atoms with Crippen molar-refractivity contribution in [3.05, 3.63) is 0 Å². The highest BCUT2D eigenvalue weighted by molar-refractivity contribution is 5.73. The van der Waals surface area contributed by atoms with Crippen LogP contribution in [0.25, 0.3) is 0 Å². The Balaban J connectivity index is 1.58. The van der Waals surface area contributed by atoms with Crippen LogP contribution < -0.4 is 0 Å². The highest BCUT2D eigenvalue weighted by Crippen LogP contribution is 2.44. The second-order valence-corrected chi connectivity index (χ2v) is 7.36. The summed E-state index contributed by atoms with van der Waals surface area (Å²) in [5, 5.41) is 9.52. The average Bonchev–Trinajstić information content (AvgIpc) is 2.47. The monoisotopic (exact) mass is 278 g/mol. The molecule has 0 aliphatic carbocycles. The van der Waals surface area contributed by atoms with Crippen LogP contribution in [-0.4, -0.2) is 58.6 Å². The number of carbonyl (C=O) groups is 1. The largest absolute Gasteiger partial charge is 0.480 e. The lowest BCUT2D eigenvalue weighted by molar-refractivity contribution is -0.153. The number of nitrogens with zero attached hydrogens (tertiary/aromatic N) is 2. The second-order valence-electron chi connectivity index (χ2n) is 7.36. The molecule has 4 heteroatoms. The quantitative estimate of drug-likeness (QED) is 0.794. The summed E-state index contributed by atoms with van der Waals surface area (Å²) < 4.78 is 0. The number of hydrogen-bond acceptors (Lipinski definition) is 3. The highest BCUT2D eigenvalue weighted by atomic mass is 16.4. The fourth-order valence-electron chi connectivity index (χ4n) is 5.56. The van der Waals surface area contributed by atoms with Gasteiger partial charge in [-0.3, -0.25) is 14.6 Å². The van der Waals surface area contributed by atoms with Crippen LogP contribution in [0.1, 0.15) is 44.9 Å². The van der Waals surface area contributed by atoms with Crippen molar-refractivity contribution in [2.24, 2.45) is 11.8 Å². The zero-order valence-electron chi connectivity index (χ0n) is 12.2. The van der Waals surface area contributed by atoms with E-state index in [1.54, 1.807) is 0 Å². The molecule has 0 aromatic heterocycles. The van der Waals surface area contributed by atoms with Crippen LogP contribution in [0, 0.1) is 11.8 Å². The number of carboxylic acids is 1. The van der Waals surface area contributed by atoms with Crippen molar-refractivity contribution >= 4 is 5.97 Å². The van der Waals surface area contributed by atoms with Crippen LogP contribution in [0.3, 0.4) is 0 Å². The molecule has 1 N–H and O–H groups in total. The van der Waals surface area contributed by atoms with Crippen molar-refractivity contribution < 1.29 is 9.90 Å². The average molecular weight is 278 g/mol. The van der Waals surface area contributed by atoms with E-state index in [0.717, 1.165) is 37.3 Å². The Hall–Kier alpha value is -0.610. The molecule has 20 heavy (non-hydrogen) atoms. The Morgan fingerprint density at radius 3 is 2.60 bits per heavy atom. The van der Waals surface area contributed by atoms with E-state index >= 15 is 0 Å². The third-order valence-corrected chi connectivity index (χ3v) is 6.36. The van der Waals surface area contributed by atoms with Gasteiger partial charge in [-0.15, -0.1) is 0 Å². The maximum absolute atomic E-state index is 11.6. The van der Waals surface area contributed by atoms with Gasteiger partial charge in [0.2, 0.25) is 0 Å². The van der Waals surface area contributed by atoms with Crippen LogP contribution in [0.5, 0.6) is 0 Å². The summed E-state index contributed by atoms with van der Waals surface area (Å²) in [5.74, 6) is 0.866. The smallest absolute Gasteiger partial charge is 0.320 e. The fraction of sp³-hybridized carbons (Fsp3) is 0.938. The molecular formula is C16H26N2O2. The molecule has 5 atom stereocenters. The molecule has 4 aliphatic rings. The molecule has 4 heterocycles. The molecule has 2 bridgehead atoms. The Bertz CT molecular complexity index is 400. The second kappa shape index (κ2) is 4.99. The van der Waals surface area contributed by atoms with Crippen molar-refractivity contribution in [2.75, 3.05) is 19.6 Å². The lowest BCUT2D eigenvalue weighted by Gasteiger charge is -2.58. The van der Waals surface area contributed by atoms with Gasteiger partial charge in [0.05, 0.1) is 0 Å². The van der Waals surface area contributed by atoms with Crippen LogP contribution in [0.2, 0.25) is 0 Å². The molecule has 4 aliphatic heterocycles. The number of rotatable bonds is 1. The molecule has 0 saturated carbocycles. The van der Waals surface area contributed by atoms with Crippen molar-refractivity contribution in [3.63, 3.8) is 0 Å². The molecule has 0 radical (unpaired) electrons. The third-order valence-electron chi connectivity index (χ3n) is 6.36. The number of hydrogen-bond donors (Lipinski definition) is 1. The molecule has 0 unspecified atom stereocenters. The molecule has 0 aromatic rings. The van der Waals surface area contributed by atoms with Gasteiger partial charge in [0, 0.05) is 25.2 Å². The lowest BCUT2D eigenvalue weighted by Crippen LogP contribution is -2.66. The maximum atomic E-state index is 11.6. The molecular weight excluding hydrogens is 252 g/mol. The van der Waals surface area contributed by atoms with Gasteiger partial charge in [-0.25, -0.2) is 0 Å². The Labute approximate surface area is 121 Å². The Morgan fingerprint density at radius 1 is 0.950 bits per heavy atom. The minimum atomic E-state index is -0.588. The fourth-order valence-corrected chi connectivity index (χ4v) is 5.56. The van der Waals surface area contributed by atoms with E-state index in [1.807, 2.05) is 0 Å². The van der Waals surface area contributed by atoms with Crippen LogP contribution >= 0.6 is 0 Å². The maximum Gasteiger partial charge on any atom is 0.320 e. The molecule has 4 rings (SSSR count). The van der Waals surface area contributed by atoms with Crippen LogP contribution in [-0.2, 0) is 4.79 Å². The van der Waals surface area contributed by atoms with Gasteiger partial charge in [0.1, 0.15) is 6.04 Å². The van der Waals surface area contributed by atoms with Crippen LogP contribution in [0.15, 0.2) is 0 Å². The van der Waals surface area contributed by atoms with E-state index < -0.39 is 5.97 Å². The van der Waals surface area contributed by atoms with Crippen molar-refractivity contribution in [3.8, 4) is 0 Å². The van der Waals surface area contributed by atoms with E-state index in [2.05, 4.69) is 9.80 Å². The zero-order valence-corrected chi connectivity index (χ0v) is 12.2. The zero-order chi connectivity index (χ0) is 13.7. The summed E-state index contributed by atoms with van der Waals surface area (Å²) >= 11 is 0. The van der Waals surface area contributed by atoms with Gasteiger partial charge in [-0.05, 0) is 56.9 Å². The minimum Gasteiger partial charge on any atom is -0.480 e. The summed E-state index contributed by atoms with van der Waals surface area (Å²) in [5.41, 5.74) is 0. The topological polar surface area (TPSA) is 43.8 Å². The SMILES string of the molecule is O=C(O)[C@H]1CCC[C@@H]2[C@@H]3C[C@H](CN12)[C@H]1CCCCN1C3. The number of aliphatic carboxylic acids is 1. The predicted molar refractivity (Wildman–Crippen MR) is 76.6 cm³/mol. The molecule has 4 nitrogen and oxygen atoms in total. The Morgan fingerprint density at radius 2 is 1.75 bits per heavy atom. The minimum absolute atomic E-state index is 0.200. The van der Waals surface area contributed by atoms with Gasteiger partial charge in [0.25, 0.3) is 0 Å². The summed E-state index contributed by atoms with van der Waals surface area (Å²) in [7, 11) is 0. The number of piperidine rings is 4. The molecule has 112 valence electrons.